The molecule has 1 unspecified atom stereocenters. The fourth-order valence-corrected chi connectivity index (χ4v) is 3.00. The van der Waals surface area contributed by atoms with Crippen LogP contribution in [0.15, 0.2) is 0 Å². The summed E-state index contributed by atoms with van der Waals surface area (Å²) in [5, 5.41) is 12.4. The molecule has 122 valence electrons. The van der Waals surface area contributed by atoms with Gasteiger partial charge in [-0.1, -0.05) is 26.7 Å². The molecule has 0 radical (unpaired) electrons. The highest BCUT2D eigenvalue weighted by atomic mass is 16.4. The normalized spacial score (nSPS) is 20.5. The van der Waals surface area contributed by atoms with Gasteiger partial charge in [0.15, 0.2) is 0 Å². The molecule has 1 atom stereocenters. The van der Waals surface area contributed by atoms with Gasteiger partial charge in [-0.15, -0.1) is 0 Å². The highest BCUT2D eigenvalue weighted by molar-refractivity contribution is 5.84. The molecule has 0 heterocycles. The number of nitrogens with zero attached hydrogens (tertiary/aromatic N) is 1. The van der Waals surface area contributed by atoms with Gasteiger partial charge in [0.1, 0.15) is 0 Å². The Morgan fingerprint density at radius 3 is 2.19 bits per heavy atom. The third kappa shape index (κ3) is 3.96. The summed E-state index contributed by atoms with van der Waals surface area (Å²) in [6.07, 6.45) is 4.57. The predicted octanol–water partition coefficient (Wildman–Crippen LogP) is 2.11. The number of rotatable bonds is 7. The lowest BCUT2D eigenvalue weighted by atomic mass is 9.76. The smallest absolute Gasteiger partial charge is 0.310 e. The average molecular weight is 298 g/mol. The molecule has 5 nitrogen and oxygen atoms in total. The molecule has 2 N–H and O–H groups in total. The first kappa shape index (κ1) is 18.0. The summed E-state index contributed by atoms with van der Waals surface area (Å²) in [7, 11) is 4.10. The molecule has 0 bridgehead atoms. The van der Waals surface area contributed by atoms with Crippen LogP contribution in [0, 0.1) is 11.3 Å². The highest BCUT2D eigenvalue weighted by Gasteiger charge is 2.40. The first-order chi connectivity index (χ1) is 9.64. The maximum atomic E-state index is 12.2. The van der Waals surface area contributed by atoms with Gasteiger partial charge in [0.2, 0.25) is 5.91 Å². The lowest BCUT2D eigenvalue weighted by molar-refractivity contribution is -0.153. The third-order valence-corrected chi connectivity index (χ3v) is 5.39. The second kappa shape index (κ2) is 6.77. The Bertz CT molecular complexity index is 387. The van der Waals surface area contributed by atoms with Gasteiger partial charge >= 0.3 is 5.97 Å². The monoisotopic (exact) mass is 298 g/mol. The Balaban J connectivity index is 2.63. The van der Waals surface area contributed by atoms with Crippen LogP contribution < -0.4 is 5.32 Å². The van der Waals surface area contributed by atoms with Crippen molar-refractivity contribution in [2.45, 2.75) is 58.4 Å². The summed E-state index contributed by atoms with van der Waals surface area (Å²) in [6.45, 7) is 5.95. The van der Waals surface area contributed by atoms with E-state index in [0.29, 0.717) is 6.54 Å². The molecule has 0 aliphatic heterocycles. The maximum Gasteiger partial charge on any atom is 0.310 e. The second-order valence-electron chi connectivity index (χ2n) is 7.16. The van der Waals surface area contributed by atoms with Gasteiger partial charge in [-0.2, -0.15) is 0 Å². The van der Waals surface area contributed by atoms with E-state index in [9.17, 15) is 14.7 Å². The van der Waals surface area contributed by atoms with Crippen LogP contribution >= 0.6 is 0 Å². The van der Waals surface area contributed by atoms with E-state index in [0.717, 1.165) is 12.8 Å². The van der Waals surface area contributed by atoms with Gasteiger partial charge in [-0.3, -0.25) is 9.59 Å². The number of carbonyl (C=O) groups excluding carboxylic acids is 1. The van der Waals surface area contributed by atoms with Crippen LogP contribution in [0.3, 0.4) is 0 Å². The zero-order valence-electron chi connectivity index (χ0n) is 14.0. The molecule has 0 aromatic rings. The first-order valence-electron chi connectivity index (χ1n) is 7.81. The van der Waals surface area contributed by atoms with E-state index in [-0.39, 0.29) is 23.8 Å². The van der Waals surface area contributed by atoms with Crippen molar-refractivity contribution in [1.29, 1.82) is 0 Å². The Hall–Kier alpha value is -1.10. The van der Waals surface area contributed by atoms with E-state index in [1.807, 2.05) is 27.9 Å². The summed E-state index contributed by atoms with van der Waals surface area (Å²) < 4.78 is 0. The zero-order valence-corrected chi connectivity index (χ0v) is 14.0. The SMILES string of the molecule is CC(C)C(C)(CC(=O)NCC1(N(C)C)CCCC1)C(=O)O. The minimum atomic E-state index is -1.01. The van der Waals surface area contributed by atoms with Crippen molar-refractivity contribution in [3.05, 3.63) is 0 Å². The number of aliphatic carboxylic acids is 1. The van der Waals surface area contributed by atoms with Crippen molar-refractivity contribution in [2.24, 2.45) is 11.3 Å². The number of amides is 1. The predicted molar refractivity (Wildman–Crippen MR) is 83.1 cm³/mol. The molecule has 1 aliphatic carbocycles. The van der Waals surface area contributed by atoms with Crippen molar-refractivity contribution in [2.75, 3.05) is 20.6 Å². The summed E-state index contributed by atoms with van der Waals surface area (Å²) >= 11 is 0. The van der Waals surface area contributed by atoms with Crippen molar-refractivity contribution in [3.8, 4) is 0 Å². The number of hydrogen-bond donors (Lipinski definition) is 2. The molecule has 1 amide bonds. The van der Waals surface area contributed by atoms with E-state index >= 15 is 0 Å². The Morgan fingerprint density at radius 1 is 1.29 bits per heavy atom. The van der Waals surface area contributed by atoms with Crippen LogP contribution in [0.5, 0.6) is 0 Å². The molecule has 0 aromatic heterocycles. The largest absolute Gasteiger partial charge is 0.481 e. The van der Waals surface area contributed by atoms with E-state index in [4.69, 9.17) is 0 Å². The maximum absolute atomic E-state index is 12.2. The highest BCUT2D eigenvalue weighted by Crippen LogP contribution is 2.34. The molecule has 0 spiro atoms. The molecular formula is C16H30N2O3. The van der Waals surface area contributed by atoms with Gasteiger partial charge in [-0.25, -0.2) is 0 Å². The Labute approximate surface area is 128 Å². The molecule has 5 heteroatoms. The van der Waals surface area contributed by atoms with Crippen LogP contribution in [0.2, 0.25) is 0 Å². The van der Waals surface area contributed by atoms with E-state index in [1.54, 1.807) is 6.92 Å². The first-order valence-corrected chi connectivity index (χ1v) is 7.81. The van der Waals surface area contributed by atoms with Crippen LogP contribution in [0.1, 0.15) is 52.9 Å². The molecule has 0 saturated heterocycles. The molecule has 0 aromatic carbocycles. The van der Waals surface area contributed by atoms with Crippen LogP contribution in [0.4, 0.5) is 0 Å². The van der Waals surface area contributed by atoms with Gasteiger partial charge in [0.05, 0.1) is 5.41 Å². The fourth-order valence-electron chi connectivity index (χ4n) is 3.00. The molecule has 1 aliphatic rings. The lowest BCUT2D eigenvalue weighted by Gasteiger charge is -2.37. The Kier molecular flexibility index (Phi) is 5.79. The van der Waals surface area contributed by atoms with E-state index in [1.165, 1.54) is 12.8 Å². The quantitative estimate of drug-likeness (QED) is 0.755. The lowest BCUT2D eigenvalue weighted by Crippen LogP contribution is -2.51. The van der Waals surface area contributed by atoms with Gasteiger partial charge in [0.25, 0.3) is 0 Å². The summed E-state index contributed by atoms with van der Waals surface area (Å²) in [5.74, 6) is -1.16. The summed E-state index contributed by atoms with van der Waals surface area (Å²) in [4.78, 5) is 25.8. The van der Waals surface area contributed by atoms with Crippen molar-refractivity contribution in [1.82, 2.24) is 10.2 Å². The molecule has 21 heavy (non-hydrogen) atoms. The average Bonchev–Trinajstić information content (AvgIpc) is 2.85. The minimum absolute atomic E-state index is 0.0313. The molecule has 1 rings (SSSR count). The minimum Gasteiger partial charge on any atom is -0.481 e. The van der Waals surface area contributed by atoms with Crippen LogP contribution in [0.25, 0.3) is 0 Å². The van der Waals surface area contributed by atoms with Crippen molar-refractivity contribution >= 4 is 11.9 Å². The van der Waals surface area contributed by atoms with E-state index in [2.05, 4.69) is 10.2 Å². The summed E-state index contributed by atoms with van der Waals surface area (Å²) in [5.41, 5.74) is -0.974. The number of carboxylic acid groups (broad SMARTS) is 1. The van der Waals surface area contributed by atoms with Gasteiger partial charge in [-0.05, 0) is 39.8 Å². The van der Waals surface area contributed by atoms with Gasteiger partial charge in [0, 0.05) is 18.5 Å². The fraction of sp³-hybridized carbons (Fsp3) is 0.875. The number of nitrogens with one attached hydrogen (secondary N) is 1. The van der Waals surface area contributed by atoms with Crippen LogP contribution in [-0.2, 0) is 9.59 Å². The Morgan fingerprint density at radius 2 is 1.81 bits per heavy atom. The van der Waals surface area contributed by atoms with Crippen LogP contribution in [-0.4, -0.2) is 48.1 Å². The topological polar surface area (TPSA) is 69.6 Å². The number of carbonyl (C=O) groups is 2. The molecule has 1 fully saturated rings. The molecule has 1 saturated carbocycles. The van der Waals surface area contributed by atoms with Crippen molar-refractivity contribution in [3.63, 3.8) is 0 Å². The third-order valence-electron chi connectivity index (χ3n) is 5.39. The van der Waals surface area contributed by atoms with Gasteiger partial charge < -0.3 is 15.3 Å². The molecular weight excluding hydrogens is 268 g/mol. The zero-order chi connectivity index (χ0) is 16.3. The number of carboxylic acids is 1. The standard InChI is InChI=1S/C16H30N2O3/c1-12(2)15(3,14(20)21)10-13(19)17-11-16(18(4)5)8-6-7-9-16/h12H,6-11H2,1-5H3,(H,17,19)(H,20,21). The summed E-state index contributed by atoms with van der Waals surface area (Å²) in [6, 6.07) is 0. The number of hydrogen-bond acceptors (Lipinski definition) is 3. The number of likely N-dealkylation sites (N-methyl/N-ethyl adjacent to an activating group) is 1. The van der Waals surface area contributed by atoms with Crippen molar-refractivity contribution < 1.29 is 14.7 Å². The van der Waals surface area contributed by atoms with E-state index < -0.39 is 11.4 Å². The second-order valence-corrected chi connectivity index (χ2v) is 7.16.